The van der Waals surface area contributed by atoms with Crippen molar-refractivity contribution in [2.45, 2.75) is 12.5 Å². The van der Waals surface area contributed by atoms with Crippen LogP contribution in [0.5, 0.6) is 0 Å². The van der Waals surface area contributed by atoms with Crippen LogP contribution in [0.3, 0.4) is 0 Å². The number of carbonyl (C=O) groups is 2. The molecule has 6 nitrogen and oxygen atoms in total. The van der Waals surface area contributed by atoms with Crippen LogP contribution in [0.25, 0.3) is 10.1 Å². The maximum Gasteiger partial charge on any atom is 0.339 e. The van der Waals surface area contributed by atoms with Crippen LogP contribution in [0.15, 0.2) is 17.6 Å². The zero-order valence-corrected chi connectivity index (χ0v) is 13.6. The van der Waals surface area contributed by atoms with Gasteiger partial charge in [-0.1, -0.05) is 0 Å². The highest BCUT2D eigenvalue weighted by Gasteiger charge is 2.38. The third-order valence-corrected chi connectivity index (χ3v) is 5.68. The second kappa shape index (κ2) is 5.58. The second-order valence-corrected chi connectivity index (χ2v) is 7.01. The second-order valence-electron chi connectivity index (χ2n) is 6.09. The molecule has 0 spiro atoms. The van der Waals surface area contributed by atoms with E-state index < -0.39 is 5.97 Å². The quantitative estimate of drug-likeness (QED) is 0.864. The zero-order chi connectivity index (χ0) is 16.0. The highest BCUT2D eigenvalue weighted by atomic mass is 32.1. The van der Waals surface area contributed by atoms with Gasteiger partial charge in [0, 0.05) is 36.1 Å². The molecule has 0 radical (unpaired) electrons. The number of amides is 1. The number of aromatic nitrogens is 1. The van der Waals surface area contributed by atoms with Crippen molar-refractivity contribution in [3.63, 3.8) is 0 Å². The van der Waals surface area contributed by atoms with Crippen LogP contribution in [0.4, 0.5) is 0 Å². The highest BCUT2D eigenvalue weighted by Crippen LogP contribution is 2.29. The number of piperidine rings is 1. The van der Waals surface area contributed by atoms with Gasteiger partial charge >= 0.3 is 5.97 Å². The zero-order valence-electron chi connectivity index (χ0n) is 12.7. The van der Waals surface area contributed by atoms with Gasteiger partial charge in [-0.05, 0) is 24.9 Å². The summed E-state index contributed by atoms with van der Waals surface area (Å²) in [5.74, 6) is -0.0168. The molecule has 0 aliphatic carbocycles. The lowest BCUT2D eigenvalue weighted by Crippen LogP contribution is -2.43. The molecule has 1 amide bonds. The van der Waals surface area contributed by atoms with Crippen LogP contribution in [-0.4, -0.2) is 54.5 Å². The van der Waals surface area contributed by atoms with E-state index in [0.717, 1.165) is 36.1 Å². The Balaban J connectivity index is 1.58. The van der Waals surface area contributed by atoms with Gasteiger partial charge in [0.2, 0.25) is 0 Å². The molecular formula is C16H17N3O3S. The Bertz CT molecular complexity index is 788. The van der Waals surface area contributed by atoms with E-state index in [-0.39, 0.29) is 11.9 Å². The third kappa shape index (κ3) is 2.49. The van der Waals surface area contributed by atoms with Crippen molar-refractivity contribution < 1.29 is 14.3 Å². The molecule has 2 saturated heterocycles. The molecule has 4 heterocycles. The Morgan fingerprint density at radius 1 is 1.43 bits per heavy atom. The van der Waals surface area contributed by atoms with Crippen molar-refractivity contribution in [3.05, 3.63) is 28.9 Å². The summed E-state index contributed by atoms with van der Waals surface area (Å²) < 4.78 is 5.65. The lowest BCUT2D eigenvalue weighted by Gasteiger charge is -2.22. The largest absolute Gasteiger partial charge is 0.465 e. The summed E-state index contributed by atoms with van der Waals surface area (Å²) >= 11 is 1.42. The smallest absolute Gasteiger partial charge is 0.339 e. The van der Waals surface area contributed by atoms with Crippen molar-refractivity contribution in [1.29, 1.82) is 0 Å². The molecule has 3 atom stereocenters. The van der Waals surface area contributed by atoms with Gasteiger partial charge in [-0.3, -0.25) is 4.79 Å². The van der Waals surface area contributed by atoms with Crippen LogP contribution < -0.4 is 5.32 Å². The number of hydrogen-bond acceptors (Lipinski definition) is 6. The summed E-state index contributed by atoms with van der Waals surface area (Å²) in [5.41, 5.74) is 0.828. The molecule has 2 aromatic rings. The number of nitrogens with zero attached hydrogens (tertiary/aromatic N) is 2. The van der Waals surface area contributed by atoms with Crippen molar-refractivity contribution >= 4 is 33.3 Å². The fourth-order valence-electron chi connectivity index (χ4n) is 3.52. The topological polar surface area (TPSA) is 71.5 Å². The van der Waals surface area contributed by atoms with E-state index in [1.54, 1.807) is 17.6 Å². The average Bonchev–Trinajstić information content (AvgIpc) is 3.28. The van der Waals surface area contributed by atoms with Gasteiger partial charge in [0.15, 0.2) is 0 Å². The minimum absolute atomic E-state index is 0.173. The molecule has 0 saturated carbocycles. The Hall–Kier alpha value is -1.99. The molecular weight excluding hydrogens is 314 g/mol. The van der Waals surface area contributed by atoms with Gasteiger partial charge < -0.3 is 15.0 Å². The molecule has 2 bridgehead atoms. The van der Waals surface area contributed by atoms with Crippen molar-refractivity contribution in [1.82, 2.24) is 15.2 Å². The predicted molar refractivity (Wildman–Crippen MR) is 86.8 cm³/mol. The van der Waals surface area contributed by atoms with E-state index >= 15 is 0 Å². The molecule has 0 aromatic carbocycles. The first-order valence-corrected chi connectivity index (χ1v) is 8.52. The summed E-state index contributed by atoms with van der Waals surface area (Å²) in [6.07, 6.45) is 2.79. The first-order chi connectivity index (χ1) is 11.2. The minimum atomic E-state index is -0.394. The fourth-order valence-corrected chi connectivity index (χ4v) is 4.39. The normalized spacial score (nSPS) is 25.7. The molecule has 3 unspecified atom stereocenters. The summed E-state index contributed by atoms with van der Waals surface area (Å²) in [6, 6.07) is 1.89. The molecule has 2 aromatic heterocycles. The number of thiophene rings is 1. The Morgan fingerprint density at radius 3 is 3.00 bits per heavy atom. The summed E-state index contributed by atoms with van der Waals surface area (Å²) in [5, 5.41) is 5.55. The van der Waals surface area contributed by atoms with Crippen LogP contribution in [-0.2, 0) is 4.74 Å². The molecule has 2 aliphatic rings. The first-order valence-electron chi connectivity index (χ1n) is 7.64. The maximum atomic E-state index is 12.5. The monoisotopic (exact) mass is 331 g/mol. The van der Waals surface area contributed by atoms with Crippen LogP contribution >= 0.6 is 11.3 Å². The highest BCUT2D eigenvalue weighted by molar-refractivity contribution is 7.17. The van der Waals surface area contributed by atoms with E-state index in [1.165, 1.54) is 18.4 Å². The lowest BCUT2D eigenvalue weighted by molar-refractivity contribution is 0.0603. The number of esters is 1. The van der Waals surface area contributed by atoms with Gasteiger partial charge in [0.25, 0.3) is 5.91 Å². The summed E-state index contributed by atoms with van der Waals surface area (Å²) in [6.45, 7) is 3.14. The van der Waals surface area contributed by atoms with E-state index in [4.69, 9.17) is 4.74 Å². The van der Waals surface area contributed by atoms with E-state index in [9.17, 15) is 9.59 Å². The number of fused-ring (bicyclic) bond motifs is 3. The van der Waals surface area contributed by atoms with Gasteiger partial charge in [0.05, 0.1) is 17.4 Å². The standard InChI is InChI=1S/C16H17N3O3S/c1-22-16(21)11-8-23-14-5-17-12(4-10(11)14)15(20)18-13-7-19-3-2-9(13)6-19/h4-5,8-9,13H,2-3,6-7H2,1H3,(H,18,20). The van der Waals surface area contributed by atoms with Gasteiger partial charge in [-0.25, -0.2) is 9.78 Å². The number of carbonyl (C=O) groups excluding carboxylic acids is 2. The molecule has 2 fully saturated rings. The van der Waals surface area contributed by atoms with E-state index in [1.807, 2.05) is 0 Å². The minimum Gasteiger partial charge on any atom is -0.465 e. The molecule has 1 N–H and O–H groups in total. The van der Waals surface area contributed by atoms with Crippen LogP contribution in [0.1, 0.15) is 27.3 Å². The predicted octanol–water partition coefficient (Wildman–Crippen LogP) is 1.52. The fraction of sp³-hybridized carbons (Fsp3) is 0.438. The first kappa shape index (κ1) is 14.6. The van der Waals surface area contributed by atoms with Crippen molar-refractivity contribution in [3.8, 4) is 0 Å². The number of rotatable bonds is 3. The Morgan fingerprint density at radius 2 is 2.30 bits per heavy atom. The molecule has 2 aliphatic heterocycles. The third-order valence-electron chi connectivity index (χ3n) is 4.75. The van der Waals surface area contributed by atoms with E-state index in [0.29, 0.717) is 17.2 Å². The van der Waals surface area contributed by atoms with Crippen LogP contribution in [0, 0.1) is 5.92 Å². The number of hydrogen-bond donors (Lipinski definition) is 1. The van der Waals surface area contributed by atoms with Crippen molar-refractivity contribution in [2.24, 2.45) is 5.92 Å². The number of methoxy groups -OCH3 is 1. The van der Waals surface area contributed by atoms with E-state index in [2.05, 4.69) is 15.2 Å². The number of pyridine rings is 1. The molecule has 4 rings (SSSR count). The molecule has 7 heteroatoms. The van der Waals surface area contributed by atoms with Crippen LogP contribution in [0.2, 0.25) is 0 Å². The summed E-state index contributed by atoms with van der Waals surface area (Å²) in [4.78, 5) is 30.9. The van der Waals surface area contributed by atoms with Gasteiger partial charge in [0.1, 0.15) is 5.69 Å². The SMILES string of the molecule is COC(=O)c1csc2cnc(C(=O)NC3CN4CCC3C4)cc12. The molecule has 23 heavy (non-hydrogen) atoms. The van der Waals surface area contributed by atoms with Gasteiger partial charge in [-0.2, -0.15) is 0 Å². The molecule has 120 valence electrons. The Labute approximate surface area is 137 Å². The number of ether oxygens (including phenoxy) is 1. The summed E-state index contributed by atoms with van der Waals surface area (Å²) in [7, 11) is 1.35. The lowest BCUT2D eigenvalue weighted by atomic mass is 10.00. The van der Waals surface area contributed by atoms with Crippen molar-refractivity contribution in [2.75, 3.05) is 26.7 Å². The Kier molecular flexibility index (Phi) is 3.54. The maximum absolute atomic E-state index is 12.5. The number of nitrogens with one attached hydrogen (secondary N) is 1. The average molecular weight is 331 g/mol. The van der Waals surface area contributed by atoms with Gasteiger partial charge in [-0.15, -0.1) is 11.3 Å².